The van der Waals surface area contributed by atoms with Crippen LogP contribution in [0, 0.1) is 0 Å². The molecule has 9 heteroatoms. The molecule has 0 radical (unpaired) electrons. The summed E-state index contributed by atoms with van der Waals surface area (Å²) >= 11 is 0. The number of nitrogens with one attached hydrogen (secondary N) is 1. The van der Waals surface area contributed by atoms with Gasteiger partial charge in [-0.15, -0.1) is 24.0 Å². The van der Waals surface area contributed by atoms with Gasteiger partial charge in [-0.25, -0.2) is 0 Å². The Morgan fingerprint density at radius 3 is 2.50 bits per heavy atom. The van der Waals surface area contributed by atoms with Crippen LogP contribution in [-0.4, -0.2) is 55.1 Å². The van der Waals surface area contributed by atoms with Crippen LogP contribution in [0.4, 0.5) is 18.9 Å². The summed E-state index contributed by atoms with van der Waals surface area (Å²) in [5.41, 5.74) is 1.000. The molecule has 5 nitrogen and oxygen atoms in total. The molecule has 1 aliphatic heterocycles. The van der Waals surface area contributed by atoms with Crippen molar-refractivity contribution in [1.82, 2.24) is 15.2 Å². The van der Waals surface area contributed by atoms with E-state index in [2.05, 4.69) is 15.2 Å². The maximum absolute atomic E-state index is 13.0. The van der Waals surface area contributed by atoms with Gasteiger partial charge in [0.2, 0.25) is 0 Å². The Labute approximate surface area is 192 Å². The highest BCUT2D eigenvalue weighted by Gasteiger charge is 2.31. The van der Waals surface area contributed by atoms with Gasteiger partial charge in [-0.3, -0.25) is 9.98 Å². The fourth-order valence-electron chi connectivity index (χ4n) is 3.30. The Morgan fingerprint density at radius 1 is 1.10 bits per heavy atom. The highest BCUT2D eigenvalue weighted by molar-refractivity contribution is 14.0. The van der Waals surface area contributed by atoms with E-state index in [4.69, 9.17) is 4.99 Å². The van der Waals surface area contributed by atoms with Crippen molar-refractivity contribution in [1.29, 1.82) is 0 Å². The molecule has 0 atom stereocenters. The second-order valence-electron chi connectivity index (χ2n) is 6.83. The summed E-state index contributed by atoms with van der Waals surface area (Å²) in [6.07, 6.45) is -1.78. The third-order valence-electron chi connectivity index (χ3n) is 4.81. The highest BCUT2D eigenvalue weighted by atomic mass is 127. The lowest BCUT2D eigenvalue weighted by Crippen LogP contribution is -2.52. The quantitative estimate of drug-likeness (QED) is 0.358. The van der Waals surface area contributed by atoms with Crippen LogP contribution < -0.4 is 10.2 Å². The zero-order valence-corrected chi connectivity index (χ0v) is 19.2. The Kier molecular flexibility index (Phi) is 9.19. The third kappa shape index (κ3) is 6.75. The Balaban J connectivity index is 0.00000320. The number of guanidine groups is 1. The molecule has 2 aromatic rings. The van der Waals surface area contributed by atoms with Gasteiger partial charge in [0, 0.05) is 63.3 Å². The fourth-order valence-corrected chi connectivity index (χ4v) is 3.30. The number of anilines is 1. The molecule has 2 heterocycles. The zero-order chi connectivity index (χ0) is 20.7. The monoisotopic (exact) mass is 533 g/mol. The minimum absolute atomic E-state index is 0. The Morgan fingerprint density at radius 2 is 1.87 bits per heavy atom. The second kappa shape index (κ2) is 11.4. The van der Waals surface area contributed by atoms with Gasteiger partial charge in [-0.1, -0.05) is 12.1 Å². The van der Waals surface area contributed by atoms with Crippen molar-refractivity contribution in [3.8, 4) is 0 Å². The molecule has 1 aromatic heterocycles. The summed E-state index contributed by atoms with van der Waals surface area (Å²) in [7, 11) is 0. The molecular weight excluding hydrogens is 506 g/mol. The molecule has 1 fully saturated rings. The first-order valence-electron chi connectivity index (χ1n) is 9.82. The van der Waals surface area contributed by atoms with Gasteiger partial charge in [0.25, 0.3) is 0 Å². The minimum atomic E-state index is -4.32. The summed E-state index contributed by atoms with van der Waals surface area (Å²) < 4.78 is 38.9. The molecule has 1 aliphatic rings. The third-order valence-corrected chi connectivity index (χ3v) is 4.81. The zero-order valence-electron chi connectivity index (χ0n) is 16.9. The molecule has 1 aromatic carbocycles. The van der Waals surface area contributed by atoms with Crippen molar-refractivity contribution >= 4 is 35.6 Å². The maximum atomic E-state index is 13.0. The normalized spacial score (nSPS) is 15.0. The van der Waals surface area contributed by atoms with Crippen LogP contribution in [0.1, 0.15) is 18.2 Å². The first-order valence-corrected chi connectivity index (χ1v) is 9.82. The van der Waals surface area contributed by atoms with E-state index in [0.717, 1.165) is 30.7 Å². The van der Waals surface area contributed by atoms with Gasteiger partial charge in [-0.2, -0.15) is 13.2 Å². The number of hydrogen-bond donors (Lipinski definition) is 1. The van der Waals surface area contributed by atoms with E-state index in [1.165, 1.54) is 12.1 Å². The van der Waals surface area contributed by atoms with E-state index < -0.39 is 11.7 Å². The summed E-state index contributed by atoms with van der Waals surface area (Å²) in [5, 5.41) is 3.31. The number of aliphatic imine (C=N–C) groups is 1. The average molecular weight is 533 g/mol. The lowest BCUT2D eigenvalue weighted by molar-refractivity contribution is -0.137. The number of rotatable bonds is 5. The van der Waals surface area contributed by atoms with E-state index in [-0.39, 0.29) is 24.0 Å². The predicted octanol–water partition coefficient (Wildman–Crippen LogP) is 4.05. The molecule has 0 unspecified atom stereocenters. The van der Waals surface area contributed by atoms with E-state index in [1.54, 1.807) is 12.3 Å². The molecule has 1 saturated heterocycles. The molecular formula is C21H27F3IN5. The van der Waals surface area contributed by atoms with Crippen molar-refractivity contribution < 1.29 is 13.2 Å². The molecule has 1 N–H and O–H groups in total. The highest BCUT2D eigenvalue weighted by Crippen LogP contribution is 2.31. The number of nitrogens with zero attached hydrogens (tertiary/aromatic N) is 4. The van der Waals surface area contributed by atoms with Crippen LogP contribution in [0.3, 0.4) is 0 Å². The van der Waals surface area contributed by atoms with Crippen LogP contribution in [-0.2, 0) is 12.6 Å². The van der Waals surface area contributed by atoms with Crippen LogP contribution in [0.25, 0.3) is 0 Å². The average Bonchev–Trinajstić information content (AvgIpc) is 2.73. The maximum Gasteiger partial charge on any atom is 0.416 e. The van der Waals surface area contributed by atoms with Crippen molar-refractivity contribution in [2.24, 2.45) is 4.99 Å². The largest absolute Gasteiger partial charge is 0.416 e. The second-order valence-corrected chi connectivity index (χ2v) is 6.83. The van der Waals surface area contributed by atoms with Crippen molar-refractivity contribution in [3.05, 3.63) is 59.9 Å². The predicted molar refractivity (Wildman–Crippen MR) is 125 cm³/mol. The molecule has 30 heavy (non-hydrogen) atoms. The van der Waals surface area contributed by atoms with Crippen LogP contribution in [0.15, 0.2) is 53.7 Å². The number of aromatic nitrogens is 1. The number of alkyl halides is 3. The lowest BCUT2D eigenvalue weighted by Gasteiger charge is -2.38. The van der Waals surface area contributed by atoms with E-state index in [9.17, 15) is 13.2 Å². The SMILES string of the molecule is CCNC(=NCCc1ccccn1)N1CCN(c2cccc(C(F)(F)F)c2)CC1.I. The minimum Gasteiger partial charge on any atom is -0.368 e. The molecule has 3 rings (SSSR count). The number of pyridine rings is 1. The number of benzene rings is 1. The first-order chi connectivity index (χ1) is 14.0. The molecule has 0 bridgehead atoms. The number of piperazine rings is 1. The lowest BCUT2D eigenvalue weighted by atomic mass is 10.1. The van der Waals surface area contributed by atoms with Gasteiger partial charge in [-0.05, 0) is 37.3 Å². The fraction of sp³-hybridized carbons (Fsp3) is 0.429. The summed E-state index contributed by atoms with van der Waals surface area (Å²) in [6, 6.07) is 11.4. The van der Waals surface area contributed by atoms with Crippen LogP contribution in [0.2, 0.25) is 0 Å². The molecule has 0 spiro atoms. The van der Waals surface area contributed by atoms with Crippen molar-refractivity contribution in [3.63, 3.8) is 0 Å². The Bertz CT molecular complexity index is 806. The topological polar surface area (TPSA) is 43.8 Å². The van der Waals surface area contributed by atoms with Gasteiger partial charge in [0.05, 0.1) is 5.56 Å². The Hall–Kier alpha value is -2.04. The van der Waals surface area contributed by atoms with Gasteiger partial charge in [0.1, 0.15) is 0 Å². The standard InChI is InChI=1S/C21H26F3N5.HI/c1-2-25-20(27-11-9-18-7-3-4-10-26-18)29-14-12-28(13-15-29)19-8-5-6-17(16-19)21(22,23)24;/h3-8,10,16H,2,9,11-15H2,1H3,(H,25,27);1H. The summed E-state index contributed by atoms with van der Waals surface area (Å²) in [6.45, 7) is 6.10. The van der Waals surface area contributed by atoms with E-state index >= 15 is 0 Å². The van der Waals surface area contributed by atoms with Crippen LogP contribution >= 0.6 is 24.0 Å². The molecule has 164 valence electrons. The summed E-state index contributed by atoms with van der Waals surface area (Å²) in [5.74, 6) is 0.840. The smallest absolute Gasteiger partial charge is 0.368 e. The number of halogens is 4. The van der Waals surface area contributed by atoms with Crippen molar-refractivity contribution in [2.45, 2.75) is 19.5 Å². The first kappa shape index (κ1) is 24.2. The molecule has 0 saturated carbocycles. The number of hydrogen-bond acceptors (Lipinski definition) is 3. The van der Waals surface area contributed by atoms with E-state index in [1.807, 2.05) is 30.0 Å². The molecule has 0 aliphatic carbocycles. The van der Waals surface area contributed by atoms with Gasteiger partial charge in [0.15, 0.2) is 5.96 Å². The van der Waals surface area contributed by atoms with E-state index in [0.29, 0.717) is 38.4 Å². The summed E-state index contributed by atoms with van der Waals surface area (Å²) in [4.78, 5) is 13.2. The van der Waals surface area contributed by atoms with Crippen LogP contribution in [0.5, 0.6) is 0 Å². The van der Waals surface area contributed by atoms with Gasteiger partial charge >= 0.3 is 6.18 Å². The van der Waals surface area contributed by atoms with Gasteiger partial charge < -0.3 is 15.1 Å². The van der Waals surface area contributed by atoms with Crippen molar-refractivity contribution in [2.75, 3.05) is 44.2 Å². The molecule has 0 amide bonds.